The normalized spacial score (nSPS) is 13.1. The van der Waals surface area contributed by atoms with Crippen LogP contribution >= 0.6 is 0 Å². The van der Waals surface area contributed by atoms with Crippen LogP contribution in [0.25, 0.3) is 11.1 Å². The SMILES string of the molecule is C=CCn1cc(-c2c(C#N)c(N)nc3c2CN(c2ncccn2)CC3)cn1. The van der Waals surface area contributed by atoms with E-state index in [2.05, 4.69) is 37.6 Å². The van der Waals surface area contributed by atoms with Gasteiger partial charge < -0.3 is 10.6 Å². The number of nitrogens with two attached hydrogens (primary N) is 1. The number of hydrogen-bond donors (Lipinski definition) is 1. The van der Waals surface area contributed by atoms with E-state index in [4.69, 9.17) is 5.73 Å². The average molecular weight is 358 g/mol. The number of aromatic nitrogens is 5. The molecule has 1 aliphatic heterocycles. The van der Waals surface area contributed by atoms with E-state index in [9.17, 15) is 5.26 Å². The van der Waals surface area contributed by atoms with Gasteiger partial charge in [0.25, 0.3) is 0 Å². The Bertz CT molecular complexity index is 1030. The molecule has 4 rings (SSSR count). The molecular formula is C19H18N8. The van der Waals surface area contributed by atoms with Crippen LogP contribution < -0.4 is 10.6 Å². The summed E-state index contributed by atoms with van der Waals surface area (Å²) in [5, 5.41) is 14.1. The first-order chi connectivity index (χ1) is 13.2. The molecule has 0 aliphatic carbocycles. The minimum absolute atomic E-state index is 0.257. The Labute approximate surface area is 156 Å². The van der Waals surface area contributed by atoms with Crippen LogP contribution in [0.3, 0.4) is 0 Å². The summed E-state index contributed by atoms with van der Waals surface area (Å²) in [6.07, 6.45) is 9.57. The lowest BCUT2D eigenvalue weighted by atomic mass is 9.92. The lowest BCUT2D eigenvalue weighted by Crippen LogP contribution is -2.33. The van der Waals surface area contributed by atoms with Crippen LogP contribution in [-0.4, -0.2) is 31.3 Å². The third-order valence-electron chi connectivity index (χ3n) is 4.56. The fraction of sp³-hybridized carbons (Fsp3) is 0.211. The third-order valence-corrected chi connectivity index (χ3v) is 4.56. The Balaban J connectivity index is 1.84. The van der Waals surface area contributed by atoms with Crippen LogP contribution in [0.4, 0.5) is 11.8 Å². The maximum absolute atomic E-state index is 9.70. The average Bonchev–Trinajstić information content (AvgIpc) is 3.16. The molecule has 3 aromatic heterocycles. The minimum Gasteiger partial charge on any atom is -0.383 e. The number of nitrogens with zero attached hydrogens (tertiary/aromatic N) is 7. The van der Waals surface area contributed by atoms with Gasteiger partial charge in [-0.25, -0.2) is 15.0 Å². The molecule has 0 radical (unpaired) electrons. The van der Waals surface area contributed by atoms with Crippen LogP contribution in [0.1, 0.15) is 16.8 Å². The zero-order chi connectivity index (χ0) is 18.8. The van der Waals surface area contributed by atoms with Crippen molar-refractivity contribution in [1.82, 2.24) is 24.7 Å². The van der Waals surface area contributed by atoms with Gasteiger partial charge in [0, 0.05) is 54.8 Å². The van der Waals surface area contributed by atoms with Crippen LogP contribution in [0.2, 0.25) is 0 Å². The molecule has 8 heteroatoms. The van der Waals surface area contributed by atoms with Crippen molar-refractivity contribution in [2.24, 2.45) is 0 Å². The Morgan fingerprint density at radius 2 is 2.15 bits per heavy atom. The van der Waals surface area contributed by atoms with Crippen molar-refractivity contribution < 1.29 is 0 Å². The second-order valence-electron chi connectivity index (χ2n) is 6.24. The molecule has 27 heavy (non-hydrogen) atoms. The Kier molecular flexibility index (Phi) is 4.26. The molecule has 0 saturated heterocycles. The fourth-order valence-electron chi connectivity index (χ4n) is 3.36. The highest BCUT2D eigenvalue weighted by Gasteiger charge is 2.27. The Hall–Kier alpha value is -3.73. The number of nitriles is 1. The molecular weight excluding hydrogens is 340 g/mol. The maximum Gasteiger partial charge on any atom is 0.225 e. The van der Waals surface area contributed by atoms with E-state index in [1.54, 1.807) is 35.4 Å². The second-order valence-corrected chi connectivity index (χ2v) is 6.24. The van der Waals surface area contributed by atoms with Crippen molar-refractivity contribution in [3.05, 3.63) is 60.3 Å². The number of hydrogen-bond acceptors (Lipinski definition) is 7. The van der Waals surface area contributed by atoms with Gasteiger partial charge in [0.1, 0.15) is 17.5 Å². The molecule has 4 heterocycles. The summed E-state index contributed by atoms with van der Waals surface area (Å²) < 4.78 is 1.77. The number of fused-ring (bicyclic) bond motifs is 1. The summed E-state index contributed by atoms with van der Waals surface area (Å²) in [4.78, 5) is 15.3. The summed E-state index contributed by atoms with van der Waals surface area (Å²) >= 11 is 0. The van der Waals surface area contributed by atoms with Gasteiger partial charge in [0.2, 0.25) is 5.95 Å². The van der Waals surface area contributed by atoms with E-state index in [-0.39, 0.29) is 5.82 Å². The molecule has 0 saturated carbocycles. The van der Waals surface area contributed by atoms with Gasteiger partial charge in [-0.15, -0.1) is 6.58 Å². The van der Waals surface area contributed by atoms with Crippen molar-refractivity contribution in [3.63, 3.8) is 0 Å². The van der Waals surface area contributed by atoms with E-state index < -0.39 is 0 Å². The van der Waals surface area contributed by atoms with Gasteiger partial charge in [-0.05, 0) is 6.07 Å². The smallest absolute Gasteiger partial charge is 0.225 e. The molecule has 0 aromatic carbocycles. The predicted molar refractivity (Wildman–Crippen MR) is 102 cm³/mol. The number of anilines is 2. The first kappa shape index (κ1) is 16.7. The van der Waals surface area contributed by atoms with E-state index >= 15 is 0 Å². The highest BCUT2D eigenvalue weighted by molar-refractivity contribution is 5.79. The summed E-state index contributed by atoms with van der Waals surface area (Å²) in [6.45, 7) is 5.63. The van der Waals surface area contributed by atoms with Crippen molar-refractivity contribution in [2.45, 2.75) is 19.5 Å². The lowest BCUT2D eigenvalue weighted by molar-refractivity contribution is 0.693. The Morgan fingerprint density at radius 3 is 2.89 bits per heavy atom. The predicted octanol–water partition coefficient (Wildman–Crippen LogP) is 1.94. The van der Waals surface area contributed by atoms with E-state index in [1.165, 1.54) is 0 Å². The number of rotatable bonds is 4. The first-order valence-electron chi connectivity index (χ1n) is 8.58. The van der Waals surface area contributed by atoms with Crippen molar-refractivity contribution >= 4 is 11.8 Å². The van der Waals surface area contributed by atoms with E-state index in [1.807, 2.05) is 6.20 Å². The lowest BCUT2D eigenvalue weighted by Gasteiger charge is -2.30. The molecule has 0 fully saturated rings. The minimum atomic E-state index is 0.257. The van der Waals surface area contributed by atoms with Crippen LogP contribution in [0.5, 0.6) is 0 Å². The quantitative estimate of drug-likeness (QED) is 0.710. The van der Waals surface area contributed by atoms with Crippen LogP contribution in [0.15, 0.2) is 43.5 Å². The molecule has 2 N–H and O–H groups in total. The zero-order valence-electron chi connectivity index (χ0n) is 14.7. The third kappa shape index (κ3) is 3.00. The molecule has 8 nitrogen and oxygen atoms in total. The van der Waals surface area contributed by atoms with Crippen molar-refractivity contribution in [3.8, 4) is 17.2 Å². The van der Waals surface area contributed by atoms with E-state index in [0.29, 0.717) is 31.0 Å². The standard InChI is InChI=1S/C19H18N8/c1-2-7-27-11-13(10-24-27)17-14(9-20)18(21)25-16-4-8-26(12-15(16)17)19-22-5-3-6-23-19/h2-3,5-6,10-11H,1,4,7-8,12H2,(H2,21,25). The highest BCUT2D eigenvalue weighted by Crippen LogP contribution is 2.35. The fourth-order valence-corrected chi connectivity index (χ4v) is 3.36. The first-order valence-corrected chi connectivity index (χ1v) is 8.58. The topological polar surface area (TPSA) is 110 Å². The summed E-state index contributed by atoms with van der Waals surface area (Å²) in [5.74, 6) is 0.916. The van der Waals surface area contributed by atoms with Crippen LogP contribution in [0, 0.1) is 11.3 Å². The number of allylic oxidation sites excluding steroid dienone is 1. The summed E-state index contributed by atoms with van der Waals surface area (Å²) in [5.41, 5.74) is 9.97. The van der Waals surface area contributed by atoms with Gasteiger partial charge >= 0.3 is 0 Å². The van der Waals surface area contributed by atoms with Crippen LogP contribution in [-0.2, 0) is 19.5 Å². The molecule has 3 aromatic rings. The maximum atomic E-state index is 9.70. The van der Waals surface area contributed by atoms with Gasteiger partial charge in [-0.3, -0.25) is 4.68 Å². The second kappa shape index (κ2) is 6.88. The van der Waals surface area contributed by atoms with Gasteiger partial charge in [-0.1, -0.05) is 6.08 Å². The summed E-state index contributed by atoms with van der Waals surface area (Å²) in [7, 11) is 0. The van der Waals surface area contributed by atoms with Gasteiger partial charge in [-0.2, -0.15) is 10.4 Å². The molecule has 0 bridgehead atoms. The zero-order valence-corrected chi connectivity index (χ0v) is 14.7. The van der Waals surface area contributed by atoms with E-state index in [0.717, 1.165) is 28.9 Å². The largest absolute Gasteiger partial charge is 0.383 e. The molecule has 0 atom stereocenters. The van der Waals surface area contributed by atoms with Crippen molar-refractivity contribution in [2.75, 3.05) is 17.2 Å². The number of nitrogen functional groups attached to an aromatic ring is 1. The molecule has 0 amide bonds. The monoisotopic (exact) mass is 358 g/mol. The molecule has 134 valence electrons. The Morgan fingerprint density at radius 1 is 1.33 bits per heavy atom. The molecule has 0 unspecified atom stereocenters. The van der Waals surface area contributed by atoms with Crippen molar-refractivity contribution in [1.29, 1.82) is 5.26 Å². The molecule has 1 aliphatic rings. The molecule has 0 spiro atoms. The highest BCUT2D eigenvalue weighted by atomic mass is 15.3. The van der Waals surface area contributed by atoms with Gasteiger partial charge in [0.05, 0.1) is 18.4 Å². The summed E-state index contributed by atoms with van der Waals surface area (Å²) in [6, 6.07) is 4.00. The van der Waals surface area contributed by atoms with Gasteiger partial charge in [0.15, 0.2) is 0 Å². The number of pyridine rings is 1.